The summed E-state index contributed by atoms with van der Waals surface area (Å²) in [6.45, 7) is 1.85. The van der Waals surface area contributed by atoms with Crippen LogP contribution in [-0.4, -0.2) is 15.8 Å². The van der Waals surface area contributed by atoms with Gasteiger partial charge in [0.15, 0.2) is 0 Å². The van der Waals surface area contributed by atoms with Gasteiger partial charge in [0.2, 0.25) is 0 Å². The van der Waals surface area contributed by atoms with Gasteiger partial charge < -0.3 is 5.32 Å². The predicted octanol–water partition coefficient (Wildman–Crippen LogP) is 3.03. The molecule has 0 aliphatic rings. The highest BCUT2D eigenvalue weighted by atomic mass is 35.5. The number of halogens is 1. The third kappa shape index (κ3) is 2.62. The number of aromatic nitrogens is 2. The Morgan fingerprint density at radius 3 is 2.78 bits per heavy atom. The molecule has 18 heavy (non-hydrogen) atoms. The van der Waals surface area contributed by atoms with Crippen molar-refractivity contribution in [2.75, 3.05) is 10.6 Å². The number of aryl methyl sites for hydroxylation is 1. The molecule has 0 aliphatic carbocycles. The van der Waals surface area contributed by atoms with Gasteiger partial charge in [0.25, 0.3) is 0 Å². The number of rotatable bonds is 2. The molecule has 94 valence electrons. The Hall–Kier alpha value is -2.01. The van der Waals surface area contributed by atoms with Gasteiger partial charge in [-0.15, -0.1) is 0 Å². The van der Waals surface area contributed by atoms with Crippen molar-refractivity contribution in [2.24, 2.45) is 7.05 Å². The standard InChI is InChI=1S/C12H13ClN4O/c1-8-9(13)4-3-5-10(8)15-12(18)16-11-6-7-14-17(11)2/h3-7H,1-2H3,(H2,15,16,18). The minimum Gasteiger partial charge on any atom is -0.307 e. The molecule has 5 nitrogen and oxygen atoms in total. The van der Waals surface area contributed by atoms with Gasteiger partial charge in [-0.3, -0.25) is 10.00 Å². The summed E-state index contributed by atoms with van der Waals surface area (Å²) in [5.74, 6) is 0.618. The highest BCUT2D eigenvalue weighted by Crippen LogP contribution is 2.22. The van der Waals surface area contributed by atoms with Gasteiger partial charge in [-0.2, -0.15) is 5.10 Å². The Morgan fingerprint density at radius 1 is 1.33 bits per heavy atom. The lowest BCUT2D eigenvalue weighted by Crippen LogP contribution is -2.21. The predicted molar refractivity (Wildman–Crippen MR) is 72.0 cm³/mol. The van der Waals surface area contributed by atoms with E-state index in [4.69, 9.17) is 11.6 Å². The molecule has 2 rings (SSSR count). The number of anilines is 2. The van der Waals surface area contributed by atoms with Crippen LogP contribution in [0.15, 0.2) is 30.5 Å². The number of hydrogen-bond acceptors (Lipinski definition) is 2. The summed E-state index contributed by atoms with van der Waals surface area (Å²) in [5.41, 5.74) is 1.52. The number of benzene rings is 1. The van der Waals surface area contributed by atoms with Gasteiger partial charge in [-0.25, -0.2) is 4.79 Å². The highest BCUT2D eigenvalue weighted by molar-refractivity contribution is 6.31. The fourth-order valence-corrected chi connectivity index (χ4v) is 1.68. The zero-order chi connectivity index (χ0) is 13.1. The molecule has 1 aromatic heterocycles. The zero-order valence-corrected chi connectivity index (χ0v) is 10.8. The van der Waals surface area contributed by atoms with E-state index in [9.17, 15) is 4.79 Å². The van der Waals surface area contributed by atoms with Gasteiger partial charge in [-0.1, -0.05) is 17.7 Å². The lowest BCUT2D eigenvalue weighted by atomic mass is 10.2. The monoisotopic (exact) mass is 264 g/mol. The third-order valence-electron chi connectivity index (χ3n) is 2.58. The minimum absolute atomic E-state index is 0.330. The van der Waals surface area contributed by atoms with Crippen molar-refractivity contribution >= 4 is 29.1 Å². The first kappa shape index (κ1) is 12.4. The Kier molecular flexibility index (Phi) is 3.53. The van der Waals surface area contributed by atoms with Crippen LogP contribution in [0.3, 0.4) is 0 Å². The van der Waals surface area contributed by atoms with E-state index in [1.54, 1.807) is 42.2 Å². The number of amides is 2. The van der Waals surface area contributed by atoms with Crippen LogP contribution in [0.1, 0.15) is 5.56 Å². The van der Waals surface area contributed by atoms with E-state index in [-0.39, 0.29) is 6.03 Å². The normalized spacial score (nSPS) is 10.2. The van der Waals surface area contributed by atoms with Crippen LogP contribution in [0, 0.1) is 6.92 Å². The molecule has 1 aromatic carbocycles. The van der Waals surface area contributed by atoms with Gasteiger partial charge in [0.1, 0.15) is 5.82 Å². The quantitative estimate of drug-likeness (QED) is 0.876. The molecule has 0 spiro atoms. The second-order valence-corrected chi connectivity index (χ2v) is 4.24. The fourth-order valence-electron chi connectivity index (χ4n) is 1.51. The molecule has 2 N–H and O–H groups in total. The van der Waals surface area contributed by atoms with E-state index in [0.29, 0.717) is 16.5 Å². The van der Waals surface area contributed by atoms with Crippen LogP contribution < -0.4 is 10.6 Å². The van der Waals surface area contributed by atoms with Crippen molar-refractivity contribution in [2.45, 2.75) is 6.92 Å². The summed E-state index contributed by atoms with van der Waals surface area (Å²) < 4.78 is 1.57. The lowest BCUT2D eigenvalue weighted by molar-refractivity contribution is 0.262. The smallest absolute Gasteiger partial charge is 0.307 e. The lowest BCUT2D eigenvalue weighted by Gasteiger charge is -2.10. The number of urea groups is 1. The van der Waals surface area contributed by atoms with Gasteiger partial charge in [0.05, 0.1) is 6.20 Å². The van der Waals surface area contributed by atoms with Crippen molar-refractivity contribution in [1.29, 1.82) is 0 Å². The van der Waals surface area contributed by atoms with Crippen LogP contribution in [0.5, 0.6) is 0 Å². The molecule has 2 amide bonds. The molecule has 0 saturated carbocycles. The highest BCUT2D eigenvalue weighted by Gasteiger charge is 2.08. The van der Waals surface area contributed by atoms with E-state index in [2.05, 4.69) is 15.7 Å². The summed E-state index contributed by atoms with van der Waals surface area (Å²) >= 11 is 5.98. The number of hydrogen-bond donors (Lipinski definition) is 2. The first-order chi connectivity index (χ1) is 8.58. The SMILES string of the molecule is Cc1c(Cl)cccc1NC(=O)Nc1ccnn1C. The summed E-state index contributed by atoms with van der Waals surface area (Å²) in [4.78, 5) is 11.8. The van der Waals surface area contributed by atoms with E-state index in [0.717, 1.165) is 5.56 Å². The average molecular weight is 265 g/mol. The number of nitrogens with zero attached hydrogens (tertiary/aromatic N) is 2. The minimum atomic E-state index is -0.330. The van der Waals surface area contributed by atoms with Crippen molar-refractivity contribution in [1.82, 2.24) is 9.78 Å². The molecular weight excluding hydrogens is 252 g/mol. The maximum Gasteiger partial charge on any atom is 0.324 e. The van der Waals surface area contributed by atoms with Crippen LogP contribution in [0.4, 0.5) is 16.3 Å². The maximum atomic E-state index is 11.8. The number of carbonyl (C=O) groups excluding carboxylic acids is 1. The number of carbonyl (C=O) groups is 1. The average Bonchev–Trinajstić information content (AvgIpc) is 2.71. The number of nitrogens with one attached hydrogen (secondary N) is 2. The van der Waals surface area contributed by atoms with Crippen LogP contribution in [-0.2, 0) is 7.05 Å². The molecule has 6 heteroatoms. The van der Waals surface area contributed by atoms with Crippen LogP contribution >= 0.6 is 11.6 Å². The van der Waals surface area contributed by atoms with Crippen LogP contribution in [0.2, 0.25) is 5.02 Å². The second kappa shape index (κ2) is 5.10. The Labute approximate surface area is 110 Å². The molecule has 0 aliphatic heterocycles. The van der Waals surface area contributed by atoms with E-state index < -0.39 is 0 Å². The van der Waals surface area contributed by atoms with Crippen molar-refractivity contribution in [3.63, 3.8) is 0 Å². The molecule has 1 heterocycles. The summed E-state index contributed by atoms with van der Waals surface area (Å²) in [6.07, 6.45) is 1.61. The van der Waals surface area contributed by atoms with E-state index >= 15 is 0 Å². The Bertz CT molecular complexity index is 579. The molecule has 0 atom stereocenters. The van der Waals surface area contributed by atoms with Gasteiger partial charge in [0, 0.05) is 23.8 Å². The Morgan fingerprint density at radius 2 is 2.11 bits per heavy atom. The zero-order valence-electron chi connectivity index (χ0n) is 10.1. The fraction of sp³-hybridized carbons (Fsp3) is 0.167. The van der Waals surface area contributed by atoms with Crippen LogP contribution in [0.25, 0.3) is 0 Å². The van der Waals surface area contributed by atoms with E-state index in [1.165, 1.54) is 0 Å². The first-order valence-corrected chi connectivity index (χ1v) is 5.77. The summed E-state index contributed by atoms with van der Waals surface area (Å²) in [6, 6.07) is 6.74. The molecule has 0 saturated heterocycles. The molecule has 0 fully saturated rings. The summed E-state index contributed by atoms with van der Waals surface area (Å²) in [7, 11) is 1.75. The van der Waals surface area contributed by atoms with E-state index in [1.807, 2.05) is 6.92 Å². The molecular formula is C12H13ClN4O. The van der Waals surface area contributed by atoms with Crippen molar-refractivity contribution in [3.8, 4) is 0 Å². The molecule has 0 radical (unpaired) electrons. The maximum absolute atomic E-state index is 11.8. The third-order valence-corrected chi connectivity index (χ3v) is 2.99. The topological polar surface area (TPSA) is 59.0 Å². The molecule has 0 bridgehead atoms. The Balaban J connectivity index is 2.08. The van der Waals surface area contributed by atoms with Gasteiger partial charge in [-0.05, 0) is 24.6 Å². The van der Waals surface area contributed by atoms with Crippen molar-refractivity contribution < 1.29 is 4.79 Å². The second-order valence-electron chi connectivity index (χ2n) is 3.83. The van der Waals surface area contributed by atoms with Crippen molar-refractivity contribution in [3.05, 3.63) is 41.0 Å². The largest absolute Gasteiger partial charge is 0.324 e. The first-order valence-electron chi connectivity index (χ1n) is 5.39. The van der Waals surface area contributed by atoms with Gasteiger partial charge >= 0.3 is 6.03 Å². The molecule has 2 aromatic rings. The summed E-state index contributed by atoms with van der Waals surface area (Å²) in [5, 5.41) is 10.0. The molecule has 0 unspecified atom stereocenters.